The van der Waals surface area contributed by atoms with Crippen LogP contribution in [-0.4, -0.2) is 56.0 Å². The average molecular weight is 249 g/mol. The smallest absolute Gasteiger partial charge is 0.445 e. The number of halogens is 3. The first-order valence-electron chi connectivity index (χ1n) is 6.14. The molecule has 0 radical (unpaired) electrons. The van der Waals surface area contributed by atoms with Crippen LogP contribution in [0.15, 0.2) is 12.1 Å². The second kappa shape index (κ2) is 5.91. The lowest BCUT2D eigenvalue weighted by molar-refractivity contribution is 0.197. The number of hydrogen-bond donors (Lipinski definition) is 0. The molecule has 1 rings (SSSR count). The maximum absolute atomic E-state index is 12.5. The molecule has 0 aromatic rings. The van der Waals surface area contributed by atoms with Gasteiger partial charge in [0.1, 0.15) is 0 Å². The zero-order valence-electron chi connectivity index (χ0n) is 10.6. The van der Waals surface area contributed by atoms with Crippen molar-refractivity contribution in [1.82, 2.24) is 9.80 Å². The van der Waals surface area contributed by atoms with Gasteiger partial charge in [0, 0.05) is 12.6 Å². The lowest BCUT2D eigenvalue weighted by Gasteiger charge is -2.33. The molecule has 1 aliphatic heterocycles. The van der Waals surface area contributed by atoms with Crippen molar-refractivity contribution in [3.05, 3.63) is 12.1 Å². The summed E-state index contributed by atoms with van der Waals surface area (Å²) in [7, 11) is 2.02. The average Bonchev–Trinajstić information content (AvgIpc) is 2.39. The van der Waals surface area contributed by atoms with E-state index in [2.05, 4.69) is 11.5 Å². The Morgan fingerprint density at radius 2 is 2.00 bits per heavy atom. The highest BCUT2D eigenvalue weighted by molar-refractivity contribution is 6.66. The number of hydrogen-bond acceptors (Lipinski definition) is 2. The lowest BCUT2D eigenvalue weighted by Crippen LogP contribution is -2.42. The highest BCUT2D eigenvalue weighted by atomic mass is 19.4. The first-order chi connectivity index (χ1) is 7.84. The summed E-state index contributed by atoms with van der Waals surface area (Å²) in [6, 6.07) is 0.206. The number of rotatable bonds is 4. The van der Waals surface area contributed by atoms with Crippen molar-refractivity contribution in [3.8, 4) is 0 Å². The molecular formula is C11H21BF3N2-. The van der Waals surface area contributed by atoms with Gasteiger partial charge in [0.25, 0.3) is 0 Å². The number of likely N-dealkylation sites (N-methyl/N-ethyl adjacent to an activating group) is 1. The van der Waals surface area contributed by atoms with Crippen LogP contribution in [0.5, 0.6) is 0 Å². The first-order valence-corrected chi connectivity index (χ1v) is 6.14. The third kappa shape index (κ3) is 4.35. The van der Waals surface area contributed by atoms with E-state index in [1.165, 1.54) is 0 Å². The van der Waals surface area contributed by atoms with Crippen molar-refractivity contribution < 1.29 is 12.9 Å². The van der Waals surface area contributed by atoms with Gasteiger partial charge in [0.05, 0.1) is 0 Å². The zero-order chi connectivity index (χ0) is 13.1. The Morgan fingerprint density at radius 1 is 1.35 bits per heavy atom. The second-order valence-corrected chi connectivity index (χ2v) is 4.88. The molecule has 0 spiro atoms. The molecule has 1 heterocycles. The molecule has 0 bridgehead atoms. The Hall–Kier alpha value is -0.485. The summed E-state index contributed by atoms with van der Waals surface area (Å²) in [5.41, 5.74) is -0.576. The van der Waals surface area contributed by atoms with Crippen LogP contribution in [0.4, 0.5) is 12.9 Å². The minimum absolute atomic E-state index is 0.0319. The van der Waals surface area contributed by atoms with Gasteiger partial charge in [-0.15, -0.1) is 12.1 Å². The first kappa shape index (κ1) is 14.6. The molecule has 0 saturated carbocycles. The van der Waals surface area contributed by atoms with Crippen molar-refractivity contribution in [2.75, 3.05) is 33.2 Å². The Bertz CT molecular complexity index is 268. The van der Waals surface area contributed by atoms with Crippen LogP contribution in [0, 0.1) is 0 Å². The molecule has 0 aromatic heterocycles. The zero-order valence-corrected chi connectivity index (χ0v) is 10.6. The Morgan fingerprint density at radius 3 is 2.53 bits per heavy atom. The molecule has 2 nitrogen and oxygen atoms in total. The van der Waals surface area contributed by atoms with Crippen molar-refractivity contribution in [2.45, 2.75) is 25.8 Å². The van der Waals surface area contributed by atoms with Gasteiger partial charge in [-0.3, -0.25) is 4.90 Å². The maximum Gasteiger partial charge on any atom is 0.506 e. The molecular weight excluding hydrogens is 228 g/mol. The van der Waals surface area contributed by atoms with Gasteiger partial charge >= 0.3 is 6.98 Å². The molecule has 0 N–H and O–H groups in total. The minimum atomic E-state index is -4.90. The van der Waals surface area contributed by atoms with Crippen LogP contribution in [0.25, 0.3) is 0 Å². The van der Waals surface area contributed by atoms with Gasteiger partial charge < -0.3 is 17.8 Å². The van der Waals surface area contributed by atoms with Crippen LogP contribution in [0.1, 0.15) is 19.8 Å². The SMILES string of the molecule is C=C(CN1CCCN(C)CC1CC)[B-](F)(F)F. The van der Waals surface area contributed by atoms with E-state index in [1.54, 1.807) is 0 Å². The van der Waals surface area contributed by atoms with Gasteiger partial charge in [0.2, 0.25) is 0 Å². The molecule has 6 heteroatoms. The molecule has 1 saturated heterocycles. The fraction of sp³-hybridized carbons (Fsp3) is 0.818. The number of nitrogens with zero attached hydrogens (tertiary/aromatic N) is 2. The highest BCUT2D eigenvalue weighted by Gasteiger charge is 2.30. The summed E-state index contributed by atoms with van der Waals surface area (Å²) < 4.78 is 37.6. The van der Waals surface area contributed by atoms with Gasteiger partial charge in [0.15, 0.2) is 0 Å². The fourth-order valence-electron chi connectivity index (χ4n) is 2.25. The molecule has 1 unspecified atom stereocenters. The molecule has 1 atom stereocenters. The normalized spacial score (nSPS) is 24.6. The third-order valence-electron chi connectivity index (χ3n) is 3.36. The molecule has 17 heavy (non-hydrogen) atoms. The van der Waals surface area contributed by atoms with Crippen LogP contribution < -0.4 is 0 Å². The molecule has 0 amide bonds. The monoisotopic (exact) mass is 249 g/mol. The van der Waals surface area contributed by atoms with Crippen LogP contribution in [-0.2, 0) is 0 Å². The molecule has 0 aliphatic carbocycles. The van der Waals surface area contributed by atoms with Crippen molar-refractivity contribution >= 4 is 6.98 Å². The standard InChI is InChI=1S/C11H21BF3N2/c1-4-11-9-16(3)6-5-7-17(11)8-10(2)12(13,14)15/h11H,2,4-9H2,1,3H3/q-1. The van der Waals surface area contributed by atoms with Gasteiger partial charge in [-0.2, -0.15) is 0 Å². The van der Waals surface area contributed by atoms with E-state index in [4.69, 9.17) is 0 Å². The van der Waals surface area contributed by atoms with Gasteiger partial charge in [-0.05, 0) is 39.5 Å². The fourth-order valence-corrected chi connectivity index (χ4v) is 2.25. The summed E-state index contributed by atoms with van der Waals surface area (Å²) >= 11 is 0. The van der Waals surface area contributed by atoms with Crippen molar-refractivity contribution in [2.24, 2.45) is 0 Å². The summed E-state index contributed by atoms with van der Waals surface area (Å²) in [5, 5.41) is 0. The Kier molecular flexibility index (Phi) is 5.07. The van der Waals surface area contributed by atoms with E-state index in [9.17, 15) is 12.9 Å². The summed E-state index contributed by atoms with van der Waals surface area (Å²) in [6.45, 7) is 2.81. The highest BCUT2D eigenvalue weighted by Crippen LogP contribution is 2.21. The minimum Gasteiger partial charge on any atom is -0.445 e. The van der Waals surface area contributed by atoms with Gasteiger partial charge in [-0.25, -0.2) is 0 Å². The van der Waals surface area contributed by atoms with Crippen LogP contribution in [0.3, 0.4) is 0 Å². The lowest BCUT2D eigenvalue weighted by atomic mass is 9.80. The van der Waals surface area contributed by atoms with E-state index < -0.39 is 12.4 Å². The van der Waals surface area contributed by atoms with E-state index in [0.29, 0.717) is 0 Å². The second-order valence-electron chi connectivity index (χ2n) is 4.88. The van der Waals surface area contributed by atoms with E-state index in [1.807, 2.05) is 18.9 Å². The summed E-state index contributed by atoms with van der Waals surface area (Å²) in [4.78, 5) is 4.12. The quantitative estimate of drug-likeness (QED) is 0.705. The van der Waals surface area contributed by atoms with Gasteiger partial charge in [-0.1, -0.05) is 6.92 Å². The van der Waals surface area contributed by atoms with Crippen LogP contribution >= 0.6 is 0 Å². The predicted octanol–water partition coefficient (Wildman–Crippen LogP) is 2.35. The van der Waals surface area contributed by atoms with Crippen molar-refractivity contribution in [3.63, 3.8) is 0 Å². The van der Waals surface area contributed by atoms with Crippen molar-refractivity contribution in [1.29, 1.82) is 0 Å². The largest absolute Gasteiger partial charge is 0.506 e. The predicted molar refractivity (Wildman–Crippen MR) is 66.0 cm³/mol. The topological polar surface area (TPSA) is 6.48 Å². The maximum atomic E-state index is 12.5. The summed E-state index contributed by atoms with van der Waals surface area (Å²) in [5.74, 6) is 0. The molecule has 1 aliphatic rings. The van der Waals surface area contributed by atoms with E-state index in [-0.39, 0.29) is 12.6 Å². The third-order valence-corrected chi connectivity index (χ3v) is 3.36. The molecule has 1 fully saturated rings. The Labute approximate surface area is 102 Å². The van der Waals surface area contributed by atoms with E-state index in [0.717, 1.165) is 32.5 Å². The van der Waals surface area contributed by atoms with E-state index >= 15 is 0 Å². The molecule has 0 aromatic carbocycles. The summed E-state index contributed by atoms with van der Waals surface area (Å²) in [6.07, 6.45) is 1.80. The molecule has 100 valence electrons. The van der Waals surface area contributed by atoms with Crippen LogP contribution in [0.2, 0.25) is 0 Å². The Balaban J connectivity index is 2.64.